The molecule has 2 aromatic rings. The molecule has 0 saturated carbocycles. The normalized spacial score (nSPS) is 17.3. The van der Waals surface area contributed by atoms with Crippen LogP contribution in [0, 0.1) is 6.92 Å². The van der Waals surface area contributed by atoms with Gasteiger partial charge in [-0.1, -0.05) is 35.9 Å². The molecule has 1 aliphatic rings. The molecule has 2 heteroatoms. The average Bonchev–Trinajstić information content (AvgIpc) is 2.79. The first-order chi connectivity index (χ1) is 8.81. The van der Waals surface area contributed by atoms with Crippen molar-refractivity contribution in [1.29, 1.82) is 0 Å². The first-order valence-corrected chi connectivity index (χ1v) is 7.24. The van der Waals surface area contributed by atoms with Crippen LogP contribution in [0.25, 0.3) is 0 Å². The minimum absolute atomic E-state index is 0.312. The molecule has 2 aromatic carbocycles. The molecule has 0 saturated heterocycles. The third-order valence-corrected chi connectivity index (χ3v) is 4.28. The van der Waals surface area contributed by atoms with Gasteiger partial charge in [0, 0.05) is 17.1 Å². The molecule has 0 fully saturated rings. The lowest BCUT2D eigenvalue weighted by Crippen LogP contribution is -2.15. The summed E-state index contributed by atoms with van der Waals surface area (Å²) in [6, 6.07) is 17.0. The van der Waals surface area contributed by atoms with Crippen molar-refractivity contribution < 1.29 is 4.74 Å². The molecule has 1 aliphatic heterocycles. The Kier molecular flexibility index (Phi) is 3.28. The van der Waals surface area contributed by atoms with Crippen molar-refractivity contribution in [2.75, 3.05) is 5.75 Å². The van der Waals surface area contributed by atoms with Crippen LogP contribution in [0.1, 0.15) is 11.1 Å². The van der Waals surface area contributed by atoms with Crippen LogP contribution in [-0.2, 0) is 6.42 Å². The van der Waals surface area contributed by atoms with Gasteiger partial charge in [-0.3, -0.25) is 0 Å². The number of thioether (sulfide) groups is 1. The highest BCUT2D eigenvalue weighted by atomic mass is 32.2. The van der Waals surface area contributed by atoms with Crippen LogP contribution in [0.15, 0.2) is 53.4 Å². The van der Waals surface area contributed by atoms with Gasteiger partial charge in [0.2, 0.25) is 0 Å². The second-order valence-corrected chi connectivity index (χ2v) is 5.77. The van der Waals surface area contributed by atoms with E-state index in [0.29, 0.717) is 6.10 Å². The Bertz CT molecular complexity index is 536. The maximum Gasteiger partial charge on any atom is 0.123 e. The highest BCUT2D eigenvalue weighted by molar-refractivity contribution is 7.99. The Morgan fingerprint density at radius 2 is 2.00 bits per heavy atom. The summed E-state index contributed by atoms with van der Waals surface area (Å²) in [4.78, 5) is 1.31. The number of benzene rings is 2. The molecule has 0 radical (unpaired) electrons. The summed E-state index contributed by atoms with van der Waals surface area (Å²) >= 11 is 1.87. The zero-order valence-electron chi connectivity index (χ0n) is 10.4. The summed E-state index contributed by atoms with van der Waals surface area (Å²) in [5.41, 5.74) is 2.67. The van der Waals surface area contributed by atoms with Crippen LogP contribution in [0.4, 0.5) is 0 Å². The molecule has 18 heavy (non-hydrogen) atoms. The van der Waals surface area contributed by atoms with Gasteiger partial charge in [-0.2, -0.15) is 0 Å². The van der Waals surface area contributed by atoms with Crippen molar-refractivity contribution in [3.05, 3.63) is 59.7 Å². The largest absolute Gasteiger partial charge is 0.489 e. The summed E-state index contributed by atoms with van der Waals surface area (Å²) in [5.74, 6) is 2.08. The van der Waals surface area contributed by atoms with Gasteiger partial charge in [0.05, 0.1) is 0 Å². The van der Waals surface area contributed by atoms with Crippen LogP contribution in [0.3, 0.4) is 0 Å². The van der Waals surface area contributed by atoms with E-state index < -0.39 is 0 Å². The lowest BCUT2D eigenvalue weighted by molar-refractivity contribution is 0.259. The molecular formula is C16H16OS. The molecule has 0 amide bonds. The molecule has 1 nitrogen and oxygen atoms in total. The number of ether oxygens (including phenoxy) is 1. The monoisotopic (exact) mass is 256 g/mol. The number of rotatable bonds is 3. The van der Waals surface area contributed by atoms with Crippen LogP contribution in [0.2, 0.25) is 0 Å². The molecule has 92 valence electrons. The minimum atomic E-state index is 0.312. The fourth-order valence-corrected chi connectivity index (χ4v) is 3.16. The Morgan fingerprint density at radius 1 is 1.17 bits per heavy atom. The van der Waals surface area contributed by atoms with Crippen molar-refractivity contribution in [1.82, 2.24) is 0 Å². The predicted octanol–water partition coefficient (Wildman–Crippen LogP) is 4.09. The fraction of sp³-hybridized carbons (Fsp3) is 0.250. The molecule has 1 heterocycles. The third-order valence-electron chi connectivity index (χ3n) is 3.14. The number of aryl methyl sites for hydroxylation is 1. The molecule has 1 atom stereocenters. The first kappa shape index (κ1) is 11.7. The topological polar surface area (TPSA) is 9.23 Å². The molecule has 3 rings (SSSR count). The molecule has 0 N–H and O–H groups in total. The van der Waals surface area contributed by atoms with Gasteiger partial charge in [-0.25, -0.2) is 0 Å². The van der Waals surface area contributed by atoms with E-state index >= 15 is 0 Å². The maximum absolute atomic E-state index is 5.96. The van der Waals surface area contributed by atoms with Gasteiger partial charge < -0.3 is 4.74 Å². The van der Waals surface area contributed by atoms with Crippen LogP contribution >= 0.6 is 11.8 Å². The van der Waals surface area contributed by atoms with Crippen molar-refractivity contribution in [3.8, 4) is 5.75 Å². The predicted molar refractivity (Wildman–Crippen MR) is 76.5 cm³/mol. The summed E-state index contributed by atoms with van der Waals surface area (Å²) in [7, 11) is 0. The van der Waals surface area contributed by atoms with Gasteiger partial charge in [-0.15, -0.1) is 11.8 Å². The van der Waals surface area contributed by atoms with Gasteiger partial charge in [0.15, 0.2) is 0 Å². The maximum atomic E-state index is 5.96. The van der Waals surface area contributed by atoms with Gasteiger partial charge >= 0.3 is 0 Å². The second kappa shape index (κ2) is 5.07. The second-order valence-electron chi connectivity index (χ2n) is 4.68. The zero-order valence-corrected chi connectivity index (χ0v) is 11.2. The van der Waals surface area contributed by atoms with Gasteiger partial charge in [0.25, 0.3) is 0 Å². The minimum Gasteiger partial charge on any atom is -0.489 e. The van der Waals surface area contributed by atoms with Crippen LogP contribution in [-0.4, -0.2) is 11.9 Å². The molecule has 0 bridgehead atoms. The van der Waals surface area contributed by atoms with Crippen molar-refractivity contribution in [3.63, 3.8) is 0 Å². The molecular weight excluding hydrogens is 240 g/mol. The van der Waals surface area contributed by atoms with E-state index in [-0.39, 0.29) is 0 Å². The standard InChI is InChI=1S/C16H16OS/c1-12-7-8-16-13(9-12)10-14(17-16)11-18-15-5-3-2-4-6-15/h2-9,14H,10-11H2,1H3. The van der Waals surface area contributed by atoms with E-state index in [1.807, 2.05) is 11.8 Å². The van der Waals surface area contributed by atoms with E-state index in [0.717, 1.165) is 17.9 Å². The SMILES string of the molecule is Cc1ccc2c(c1)CC(CSc1ccccc1)O2. The van der Waals surface area contributed by atoms with E-state index in [1.165, 1.54) is 16.0 Å². The lowest BCUT2D eigenvalue weighted by Gasteiger charge is -2.09. The number of fused-ring (bicyclic) bond motifs is 1. The van der Waals surface area contributed by atoms with E-state index in [4.69, 9.17) is 4.74 Å². The summed E-state index contributed by atoms with van der Waals surface area (Å²) < 4.78 is 5.96. The summed E-state index contributed by atoms with van der Waals surface area (Å²) in [6.45, 7) is 2.13. The highest BCUT2D eigenvalue weighted by Gasteiger charge is 2.22. The van der Waals surface area contributed by atoms with Gasteiger partial charge in [-0.05, 0) is 30.7 Å². The Morgan fingerprint density at radius 3 is 2.83 bits per heavy atom. The van der Waals surface area contributed by atoms with E-state index in [9.17, 15) is 0 Å². The lowest BCUT2D eigenvalue weighted by atomic mass is 10.1. The Labute approximate surface area is 112 Å². The molecule has 0 spiro atoms. The molecule has 1 unspecified atom stereocenters. The van der Waals surface area contributed by atoms with Gasteiger partial charge in [0.1, 0.15) is 11.9 Å². The molecule has 0 aromatic heterocycles. The Hall–Kier alpha value is -1.41. The summed E-state index contributed by atoms with van der Waals surface area (Å²) in [5, 5.41) is 0. The quantitative estimate of drug-likeness (QED) is 0.765. The van der Waals surface area contributed by atoms with Crippen LogP contribution < -0.4 is 4.74 Å². The van der Waals surface area contributed by atoms with Crippen molar-refractivity contribution in [2.24, 2.45) is 0 Å². The van der Waals surface area contributed by atoms with E-state index in [1.54, 1.807) is 0 Å². The van der Waals surface area contributed by atoms with Crippen LogP contribution in [0.5, 0.6) is 5.75 Å². The zero-order chi connectivity index (χ0) is 12.4. The molecule has 0 aliphatic carbocycles. The van der Waals surface area contributed by atoms with E-state index in [2.05, 4.69) is 55.5 Å². The first-order valence-electron chi connectivity index (χ1n) is 6.25. The number of hydrogen-bond acceptors (Lipinski definition) is 2. The average molecular weight is 256 g/mol. The Balaban J connectivity index is 1.61. The number of hydrogen-bond donors (Lipinski definition) is 0. The fourth-order valence-electron chi connectivity index (χ4n) is 2.25. The smallest absolute Gasteiger partial charge is 0.123 e. The van der Waals surface area contributed by atoms with Crippen molar-refractivity contribution >= 4 is 11.8 Å². The summed E-state index contributed by atoms with van der Waals surface area (Å²) in [6.07, 6.45) is 1.35. The third kappa shape index (κ3) is 2.54. The highest BCUT2D eigenvalue weighted by Crippen LogP contribution is 2.32. The van der Waals surface area contributed by atoms with Crippen molar-refractivity contribution in [2.45, 2.75) is 24.3 Å².